The van der Waals surface area contributed by atoms with Crippen molar-refractivity contribution in [2.75, 3.05) is 20.2 Å². The zero-order chi connectivity index (χ0) is 21.6. The van der Waals surface area contributed by atoms with Crippen LogP contribution in [-0.2, 0) is 10.0 Å². The molecule has 3 heterocycles. The summed E-state index contributed by atoms with van der Waals surface area (Å²) in [6.07, 6.45) is 0. The molecule has 7 heteroatoms. The van der Waals surface area contributed by atoms with Gasteiger partial charge in [0.05, 0.1) is 7.11 Å². The number of methoxy groups -OCH3 is 1. The van der Waals surface area contributed by atoms with Crippen molar-refractivity contribution in [3.05, 3.63) is 84.2 Å². The van der Waals surface area contributed by atoms with E-state index in [0.717, 1.165) is 11.1 Å². The summed E-state index contributed by atoms with van der Waals surface area (Å²) in [5, 5.41) is 3.48. The van der Waals surface area contributed by atoms with Crippen molar-refractivity contribution < 1.29 is 17.5 Å². The quantitative estimate of drug-likeness (QED) is 0.661. The van der Waals surface area contributed by atoms with Crippen molar-refractivity contribution in [3.63, 3.8) is 0 Å². The molecule has 3 aromatic carbocycles. The van der Waals surface area contributed by atoms with Gasteiger partial charge in [-0.3, -0.25) is 0 Å². The SMILES string of the molecule is COc1ccccc1S(=O)(=O)N1C[C@@H]2N[C@H](C1)C2c1ccc(-c2ccc(F)cc2)cc1. The number of nitrogens with zero attached hydrogens (tertiary/aromatic N) is 1. The lowest BCUT2D eigenvalue weighted by Crippen LogP contribution is -2.72. The van der Waals surface area contributed by atoms with Gasteiger partial charge >= 0.3 is 0 Å². The average molecular weight is 439 g/mol. The molecule has 0 aliphatic carbocycles. The van der Waals surface area contributed by atoms with Crippen molar-refractivity contribution >= 4 is 10.0 Å². The van der Waals surface area contributed by atoms with Crippen LogP contribution in [0.15, 0.2) is 77.7 Å². The second-order valence-electron chi connectivity index (χ2n) is 8.01. The first kappa shape index (κ1) is 20.2. The maximum Gasteiger partial charge on any atom is 0.246 e. The third kappa shape index (κ3) is 3.52. The zero-order valence-corrected chi connectivity index (χ0v) is 17.8. The van der Waals surface area contributed by atoms with Gasteiger partial charge in [0.25, 0.3) is 0 Å². The topological polar surface area (TPSA) is 58.6 Å². The summed E-state index contributed by atoms with van der Waals surface area (Å²) in [4.78, 5) is 0.207. The van der Waals surface area contributed by atoms with Gasteiger partial charge in [0, 0.05) is 31.1 Å². The number of fused-ring (bicyclic) bond motifs is 2. The van der Waals surface area contributed by atoms with Crippen molar-refractivity contribution in [1.29, 1.82) is 0 Å². The minimum absolute atomic E-state index is 0.0694. The standard InChI is InChI=1S/C24H23FN2O3S/c1-30-22-4-2-3-5-23(22)31(28,29)27-14-20-24(21(15-27)26-20)18-8-6-16(7-9-18)17-10-12-19(25)13-11-17/h2-13,20-21,24,26H,14-15H2,1H3/t20-,21+,24?. The van der Waals surface area contributed by atoms with E-state index < -0.39 is 10.0 Å². The first-order valence-corrected chi connectivity index (χ1v) is 11.7. The summed E-state index contributed by atoms with van der Waals surface area (Å²) in [6, 6.07) is 21.6. The molecule has 0 amide bonds. The average Bonchev–Trinajstić information content (AvgIpc) is 2.80. The van der Waals surface area contributed by atoms with Crippen LogP contribution in [0.25, 0.3) is 11.1 Å². The number of halogens is 1. The summed E-state index contributed by atoms with van der Waals surface area (Å²) in [6.45, 7) is 0.836. The fourth-order valence-corrected chi connectivity index (χ4v) is 6.31. The molecule has 3 atom stereocenters. The number of benzene rings is 3. The maximum absolute atomic E-state index is 13.2. The van der Waals surface area contributed by atoms with E-state index in [2.05, 4.69) is 17.4 Å². The molecule has 160 valence electrons. The van der Waals surface area contributed by atoms with Crippen LogP contribution in [0.1, 0.15) is 11.5 Å². The van der Waals surface area contributed by atoms with Crippen molar-refractivity contribution in [2.24, 2.45) is 0 Å². The molecular formula is C24H23FN2O3S. The third-order valence-corrected chi connectivity index (χ3v) is 8.13. The Labute approximate surface area is 181 Å². The fourth-order valence-electron chi connectivity index (χ4n) is 4.66. The van der Waals surface area contributed by atoms with Gasteiger partial charge in [-0.25, -0.2) is 12.8 Å². The van der Waals surface area contributed by atoms with Crippen molar-refractivity contribution in [2.45, 2.75) is 22.9 Å². The minimum atomic E-state index is -3.62. The van der Waals surface area contributed by atoms with Crippen LogP contribution in [0.3, 0.4) is 0 Å². The monoisotopic (exact) mass is 438 g/mol. The molecule has 2 bridgehead atoms. The van der Waals surface area contributed by atoms with Crippen molar-refractivity contribution in [1.82, 2.24) is 9.62 Å². The van der Waals surface area contributed by atoms with Crippen LogP contribution in [0, 0.1) is 5.82 Å². The smallest absolute Gasteiger partial charge is 0.246 e. The van der Waals surface area contributed by atoms with Gasteiger partial charge < -0.3 is 10.1 Å². The Hall–Kier alpha value is -2.74. The van der Waals surface area contributed by atoms with Crippen LogP contribution >= 0.6 is 0 Å². The lowest BCUT2D eigenvalue weighted by Gasteiger charge is -2.54. The summed E-state index contributed by atoms with van der Waals surface area (Å²) in [5.41, 5.74) is 3.18. The van der Waals surface area contributed by atoms with Gasteiger partial charge in [0.2, 0.25) is 10.0 Å². The highest BCUT2D eigenvalue weighted by Gasteiger charge is 2.50. The van der Waals surface area contributed by atoms with Gasteiger partial charge in [-0.2, -0.15) is 4.31 Å². The number of hydrogen-bond acceptors (Lipinski definition) is 4. The highest BCUT2D eigenvalue weighted by molar-refractivity contribution is 7.89. The normalized spacial score (nSPS) is 23.2. The van der Waals surface area contributed by atoms with Crippen molar-refractivity contribution in [3.8, 4) is 16.9 Å². The minimum Gasteiger partial charge on any atom is -0.495 e. The Morgan fingerprint density at radius 3 is 2.10 bits per heavy atom. The number of para-hydroxylation sites is 1. The highest BCUT2D eigenvalue weighted by atomic mass is 32.2. The van der Waals surface area contributed by atoms with E-state index in [1.165, 1.54) is 24.8 Å². The second kappa shape index (κ2) is 7.75. The van der Waals surface area contributed by atoms with Gasteiger partial charge in [-0.05, 0) is 41.0 Å². The zero-order valence-electron chi connectivity index (χ0n) is 17.0. The lowest BCUT2D eigenvalue weighted by molar-refractivity contribution is 0.101. The predicted molar refractivity (Wildman–Crippen MR) is 117 cm³/mol. The molecule has 3 aliphatic heterocycles. The number of piperidine rings is 1. The van der Waals surface area contributed by atoms with Crippen LogP contribution in [0.4, 0.5) is 4.39 Å². The molecule has 0 saturated carbocycles. The number of rotatable bonds is 5. The third-order valence-electron chi connectivity index (χ3n) is 6.26. The highest BCUT2D eigenvalue weighted by Crippen LogP contribution is 2.40. The molecular weight excluding hydrogens is 415 g/mol. The van der Waals surface area contributed by atoms with E-state index >= 15 is 0 Å². The molecule has 3 fully saturated rings. The summed E-state index contributed by atoms with van der Waals surface area (Å²) in [7, 11) is -2.14. The van der Waals surface area contributed by atoms with Gasteiger partial charge in [-0.15, -0.1) is 0 Å². The van der Waals surface area contributed by atoms with Crippen LogP contribution in [0.2, 0.25) is 0 Å². The van der Waals surface area contributed by atoms with Crippen LogP contribution in [0.5, 0.6) is 5.75 Å². The number of ether oxygens (including phenoxy) is 1. The van der Waals surface area contributed by atoms with E-state index in [-0.39, 0.29) is 28.7 Å². The van der Waals surface area contributed by atoms with Crippen LogP contribution in [-0.4, -0.2) is 45.0 Å². The Bertz CT molecular complexity index is 1180. The number of hydrogen-bond donors (Lipinski definition) is 1. The second-order valence-corrected chi connectivity index (χ2v) is 9.91. The van der Waals surface area contributed by atoms with Crippen LogP contribution < -0.4 is 10.1 Å². The van der Waals surface area contributed by atoms with E-state index in [1.807, 2.05) is 12.1 Å². The lowest BCUT2D eigenvalue weighted by atomic mass is 9.75. The fraction of sp³-hybridized carbons (Fsp3) is 0.250. The maximum atomic E-state index is 13.2. The first-order chi connectivity index (χ1) is 15.0. The van der Waals surface area contributed by atoms with Gasteiger partial charge in [0.1, 0.15) is 16.5 Å². The Morgan fingerprint density at radius 1 is 0.903 bits per heavy atom. The summed E-state index contributed by atoms with van der Waals surface area (Å²) >= 11 is 0. The molecule has 5 nitrogen and oxygen atoms in total. The predicted octanol–water partition coefficient (Wildman–Crippen LogP) is 3.63. The Balaban J connectivity index is 1.33. The molecule has 3 aliphatic rings. The molecule has 0 radical (unpaired) electrons. The van der Waals surface area contributed by atoms with E-state index in [0.29, 0.717) is 18.8 Å². The molecule has 6 rings (SSSR count). The van der Waals surface area contributed by atoms with Gasteiger partial charge in [0.15, 0.2) is 0 Å². The number of sulfonamides is 1. The first-order valence-electron chi connectivity index (χ1n) is 10.2. The Morgan fingerprint density at radius 2 is 1.48 bits per heavy atom. The molecule has 3 aromatic rings. The molecule has 1 N–H and O–H groups in total. The molecule has 3 saturated heterocycles. The largest absolute Gasteiger partial charge is 0.495 e. The summed E-state index contributed by atoms with van der Waals surface area (Å²) in [5.74, 6) is 0.385. The molecule has 31 heavy (non-hydrogen) atoms. The summed E-state index contributed by atoms with van der Waals surface area (Å²) < 4.78 is 46.4. The molecule has 1 unspecified atom stereocenters. The van der Waals surface area contributed by atoms with E-state index in [4.69, 9.17) is 4.74 Å². The van der Waals surface area contributed by atoms with E-state index in [9.17, 15) is 12.8 Å². The molecule has 0 spiro atoms. The Kier molecular flexibility index (Phi) is 5.04. The number of nitrogens with one attached hydrogen (secondary N) is 1. The van der Waals surface area contributed by atoms with E-state index in [1.54, 1.807) is 40.7 Å². The molecule has 0 aromatic heterocycles. The number of piperazine rings is 1. The van der Waals surface area contributed by atoms with Gasteiger partial charge in [-0.1, -0.05) is 48.5 Å².